The van der Waals surface area contributed by atoms with Crippen molar-refractivity contribution in [1.82, 2.24) is 4.90 Å². The summed E-state index contributed by atoms with van der Waals surface area (Å²) >= 11 is 6.70. The molecule has 0 radical (unpaired) electrons. The van der Waals surface area contributed by atoms with Gasteiger partial charge in [-0.15, -0.1) is 0 Å². The third kappa shape index (κ3) is 5.07. The van der Waals surface area contributed by atoms with Gasteiger partial charge in [-0.25, -0.2) is 4.79 Å². The molecule has 1 aliphatic rings. The average Bonchev–Trinajstić information content (AvgIpc) is 3.02. The fraction of sp³-hybridized carbons (Fsp3) is 0.143. The number of halogens is 1. The quantitative estimate of drug-likeness (QED) is 0.516. The number of hydrogen-bond acceptors (Lipinski definition) is 7. The molecule has 1 saturated heterocycles. The number of amides is 3. The summed E-state index contributed by atoms with van der Waals surface area (Å²) in [7, 11) is 2.72. The first kappa shape index (κ1) is 22.4. The van der Waals surface area contributed by atoms with Gasteiger partial charge in [-0.1, -0.05) is 29.8 Å². The zero-order valence-electron chi connectivity index (χ0n) is 16.5. The lowest BCUT2D eigenvalue weighted by atomic mass is 10.2. The minimum Gasteiger partial charge on any atom is -0.496 e. The molecule has 160 valence electrons. The van der Waals surface area contributed by atoms with E-state index in [4.69, 9.17) is 16.3 Å². The van der Waals surface area contributed by atoms with E-state index < -0.39 is 29.6 Å². The van der Waals surface area contributed by atoms with E-state index in [9.17, 15) is 19.2 Å². The number of benzene rings is 2. The lowest BCUT2D eigenvalue weighted by Crippen LogP contribution is -2.36. The van der Waals surface area contributed by atoms with E-state index in [1.165, 1.54) is 32.4 Å². The summed E-state index contributed by atoms with van der Waals surface area (Å²) in [4.78, 5) is 50.1. The summed E-state index contributed by atoms with van der Waals surface area (Å²) in [5, 5.41) is 2.14. The number of para-hydroxylation sites is 1. The molecular formula is C21H17ClN2O6S. The van der Waals surface area contributed by atoms with Crippen LogP contribution in [-0.4, -0.2) is 48.7 Å². The van der Waals surface area contributed by atoms with Crippen LogP contribution in [0.5, 0.6) is 5.75 Å². The molecule has 0 aliphatic carbocycles. The highest BCUT2D eigenvalue weighted by molar-refractivity contribution is 8.18. The largest absolute Gasteiger partial charge is 0.496 e. The van der Waals surface area contributed by atoms with Crippen molar-refractivity contribution in [2.75, 3.05) is 26.1 Å². The fourth-order valence-electron chi connectivity index (χ4n) is 2.78. The highest BCUT2D eigenvalue weighted by atomic mass is 35.5. The van der Waals surface area contributed by atoms with Gasteiger partial charge in [-0.3, -0.25) is 19.3 Å². The van der Waals surface area contributed by atoms with Gasteiger partial charge in [-0.2, -0.15) is 0 Å². The molecule has 0 saturated carbocycles. The standard InChI is InChI=1S/C21H17ClN2O6S/c1-29-16-6-4-3-5-12(16)9-17-19(26)24(21(28)31-17)11-18(25)23-13-7-8-15(22)14(10-13)20(27)30-2/h3-10H,11H2,1-2H3,(H,23,25)/b17-9-. The highest BCUT2D eigenvalue weighted by Crippen LogP contribution is 2.33. The summed E-state index contributed by atoms with van der Waals surface area (Å²) in [6.07, 6.45) is 1.55. The summed E-state index contributed by atoms with van der Waals surface area (Å²) in [5.74, 6) is -1.30. The first-order valence-electron chi connectivity index (χ1n) is 8.90. The Balaban J connectivity index is 1.72. The molecule has 3 amide bonds. The molecule has 10 heteroatoms. The van der Waals surface area contributed by atoms with E-state index in [0.717, 1.165) is 16.7 Å². The van der Waals surface area contributed by atoms with Gasteiger partial charge in [0.2, 0.25) is 5.91 Å². The molecule has 1 fully saturated rings. The van der Waals surface area contributed by atoms with Crippen LogP contribution in [0.4, 0.5) is 10.5 Å². The van der Waals surface area contributed by atoms with Crippen LogP contribution in [0.15, 0.2) is 47.4 Å². The minimum absolute atomic E-state index is 0.0767. The molecule has 1 heterocycles. The molecule has 1 N–H and O–H groups in total. The summed E-state index contributed by atoms with van der Waals surface area (Å²) in [5.41, 5.74) is 0.982. The van der Waals surface area contributed by atoms with Crippen molar-refractivity contribution < 1.29 is 28.7 Å². The maximum atomic E-state index is 12.7. The van der Waals surface area contributed by atoms with Crippen molar-refractivity contribution in [2.24, 2.45) is 0 Å². The fourth-order valence-corrected chi connectivity index (χ4v) is 3.80. The van der Waals surface area contributed by atoms with Crippen LogP contribution < -0.4 is 10.1 Å². The molecule has 0 spiro atoms. The highest BCUT2D eigenvalue weighted by Gasteiger charge is 2.36. The second kappa shape index (κ2) is 9.67. The van der Waals surface area contributed by atoms with Crippen molar-refractivity contribution in [2.45, 2.75) is 0 Å². The third-order valence-electron chi connectivity index (χ3n) is 4.26. The van der Waals surface area contributed by atoms with Crippen LogP contribution >= 0.6 is 23.4 Å². The lowest BCUT2D eigenvalue weighted by Gasteiger charge is -2.13. The van der Waals surface area contributed by atoms with Crippen molar-refractivity contribution in [3.05, 3.63) is 63.5 Å². The number of hydrogen-bond donors (Lipinski definition) is 1. The van der Waals surface area contributed by atoms with E-state index in [1.54, 1.807) is 30.3 Å². The van der Waals surface area contributed by atoms with Gasteiger partial charge in [0.25, 0.3) is 11.1 Å². The molecule has 1 aliphatic heterocycles. The number of nitrogens with one attached hydrogen (secondary N) is 1. The van der Waals surface area contributed by atoms with E-state index >= 15 is 0 Å². The van der Waals surface area contributed by atoms with Crippen LogP contribution in [-0.2, 0) is 14.3 Å². The Bertz CT molecular complexity index is 1100. The molecule has 31 heavy (non-hydrogen) atoms. The lowest BCUT2D eigenvalue weighted by molar-refractivity contribution is -0.127. The molecule has 3 rings (SSSR count). The van der Waals surface area contributed by atoms with Gasteiger partial charge in [0.15, 0.2) is 0 Å². The molecule has 2 aromatic rings. The van der Waals surface area contributed by atoms with Crippen LogP contribution in [0.25, 0.3) is 6.08 Å². The van der Waals surface area contributed by atoms with Gasteiger partial charge >= 0.3 is 5.97 Å². The number of carbonyl (C=O) groups excluding carboxylic acids is 4. The third-order valence-corrected chi connectivity index (χ3v) is 5.49. The number of thioether (sulfide) groups is 1. The van der Waals surface area contributed by atoms with Crippen LogP contribution in [0.3, 0.4) is 0 Å². The van der Waals surface area contributed by atoms with E-state index in [2.05, 4.69) is 10.1 Å². The molecule has 0 bridgehead atoms. The molecule has 0 atom stereocenters. The van der Waals surface area contributed by atoms with Crippen molar-refractivity contribution in [1.29, 1.82) is 0 Å². The number of anilines is 1. The summed E-state index contributed by atoms with van der Waals surface area (Å²) in [6, 6.07) is 11.3. The Morgan fingerprint density at radius 1 is 1.16 bits per heavy atom. The number of imide groups is 1. The Hall–Kier alpha value is -3.30. The Morgan fingerprint density at radius 3 is 2.61 bits per heavy atom. The Morgan fingerprint density at radius 2 is 1.90 bits per heavy atom. The normalized spacial score (nSPS) is 14.7. The average molecular weight is 461 g/mol. The van der Waals surface area contributed by atoms with Crippen LogP contribution in [0, 0.1) is 0 Å². The molecule has 2 aromatic carbocycles. The number of methoxy groups -OCH3 is 2. The number of nitrogens with zero attached hydrogens (tertiary/aromatic N) is 1. The topological polar surface area (TPSA) is 102 Å². The maximum absolute atomic E-state index is 12.7. The van der Waals surface area contributed by atoms with Crippen LogP contribution in [0.2, 0.25) is 5.02 Å². The van der Waals surface area contributed by atoms with Crippen LogP contribution in [0.1, 0.15) is 15.9 Å². The Labute approximate surface area is 187 Å². The monoisotopic (exact) mass is 460 g/mol. The number of rotatable bonds is 6. The predicted octanol–water partition coefficient (Wildman–Crippen LogP) is 3.81. The van der Waals surface area contributed by atoms with Gasteiger partial charge in [-0.05, 0) is 42.1 Å². The minimum atomic E-state index is -0.659. The van der Waals surface area contributed by atoms with Gasteiger partial charge in [0.05, 0.1) is 29.7 Å². The second-order valence-electron chi connectivity index (χ2n) is 6.24. The predicted molar refractivity (Wildman–Crippen MR) is 117 cm³/mol. The Kier molecular flexibility index (Phi) is 6.98. The summed E-state index contributed by atoms with van der Waals surface area (Å²) < 4.78 is 9.89. The zero-order chi connectivity index (χ0) is 22.5. The molecule has 8 nitrogen and oxygen atoms in total. The van der Waals surface area contributed by atoms with Gasteiger partial charge < -0.3 is 14.8 Å². The first-order chi connectivity index (χ1) is 14.8. The number of esters is 1. The molecule has 0 unspecified atom stereocenters. The first-order valence-corrected chi connectivity index (χ1v) is 10.1. The van der Waals surface area contributed by atoms with Gasteiger partial charge in [0, 0.05) is 11.3 Å². The van der Waals surface area contributed by atoms with Gasteiger partial charge in [0.1, 0.15) is 12.3 Å². The smallest absolute Gasteiger partial charge is 0.339 e. The maximum Gasteiger partial charge on any atom is 0.339 e. The number of carbonyl (C=O) groups is 4. The van der Waals surface area contributed by atoms with E-state index in [1.807, 2.05) is 0 Å². The number of ether oxygens (including phenoxy) is 2. The van der Waals surface area contributed by atoms with Crippen molar-refractivity contribution >= 4 is 58.1 Å². The van der Waals surface area contributed by atoms with E-state index in [0.29, 0.717) is 11.3 Å². The molecular weight excluding hydrogens is 444 g/mol. The molecule has 0 aromatic heterocycles. The van der Waals surface area contributed by atoms with E-state index in [-0.39, 0.29) is 21.2 Å². The van der Waals surface area contributed by atoms with Crippen molar-refractivity contribution in [3.63, 3.8) is 0 Å². The second-order valence-corrected chi connectivity index (χ2v) is 7.64. The summed E-state index contributed by atoms with van der Waals surface area (Å²) in [6.45, 7) is -0.482. The van der Waals surface area contributed by atoms with Crippen molar-refractivity contribution in [3.8, 4) is 5.75 Å². The zero-order valence-corrected chi connectivity index (χ0v) is 18.1. The SMILES string of the molecule is COC(=O)c1cc(NC(=O)CN2C(=O)S/C(=C\c3ccccc3OC)C2=O)ccc1Cl.